The molecule has 13 aromatic rings. The minimum atomic E-state index is 0.936. The maximum atomic E-state index is 5.23. The van der Waals surface area contributed by atoms with E-state index in [9.17, 15) is 0 Å². The molecule has 0 atom stereocenters. The molecule has 0 aliphatic rings. The standard InChI is InChI=1S/C62H40N2/c1-39-14-11-17-41-32-33-43-19-13-25-50(60(43)57(39)41)49-24-12-18-42-34-35-47-38-46(36-37-48(47)58(42)49)40-28-30-44(31-29-40)59-51-20-5-7-22-53(51)61(54-23-8-6-21-52(54)59)64-56-27-10-9-26-55(56)63-62(64)45-15-3-2-4-16-45/h2-38H,1H3. The molecule has 0 N–H and O–H groups in total. The predicted molar refractivity (Wildman–Crippen MR) is 273 cm³/mol. The number of para-hydroxylation sites is 2. The lowest BCUT2D eigenvalue weighted by molar-refractivity contribution is 1.13. The molecule has 1 aromatic heterocycles. The van der Waals surface area contributed by atoms with Crippen LogP contribution in [0.4, 0.5) is 0 Å². The molecular formula is C62H40N2. The molecule has 0 fully saturated rings. The van der Waals surface area contributed by atoms with Gasteiger partial charge in [0.25, 0.3) is 0 Å². The van der Waals surface area contributed by atoms with Crippen LogP contribution in [0.5, 0.6) is 0 Å². The van der Waals surface area contributed by atoms with Gasteiger partial charge in [0.1, 0.15) is 5.82 Å². The molecule has 2 heteroatoms. The van der Waals surface area contributed by atoms with E-state index in [0.29, 0.717) is 0 Å². The molecule has 2 nitrogen and oxygen atoms in total. The van der Waals surface area contributed by atoms with Crippen LogP contribution < -0.4 is 0 Å². The van der Waals surface area contributed by atoms with E-state index in [0.717, 1.165) is 28.1 Å². The van der Waals surface area contributed by atoms with Crippen LogP contribution in [0.1, 0.15) is 5.56 Å². The maximum absolute atomic E-state index is 5.23. The Morgan fingerprint density at radius 1 is 0.344 bits per heavy atom. The second kappa shape index (κ2) is 14.4. The number of benzene rings is 12. The number of hydrogen-bond donors (Lipinski definition) is 0. The highest BCUT2D eigenvalue weighted by Gasteiger charge is 2.22. The average molecular weight is 813 g/mol. The van der Waals surface area contributed by atoms with Crippen LogP contribution in [-0.4, -0.2) is 9.55 Å². The molecule has 298 valence electrons. The van der Waals surface area contributed by atoms with Crippen molar-refractivity contribution in [2.45, 2.75) is 6.92 Å². The summed E-state index contributed by atoms with van der Waals surface area (Å²) in [5, 5.41) is 15.0. The van der Waals surface area contributed by atoms with E-state index < -0.39 is 0 Å². The van der Waals surface area contributed by atoms with Crippen molar-refractivity contribution < 1.29 is 0 Å². The highest BCUT2D eigenvalue weighted by molar-refractivity contribution is 6.22. The van der Waals surface area contributed by atoms with Gasteiger partial charge in [-0.25, -0.2) is 4.98 Å². The zero-order valence-corrected chi connectivity index (χ0v) is 35.3. The first-order valence-electron chi connectivity index (χ1n) is 22.1. The van der Waals surface area contributed by atoms with Gasteiger partial charge < -0.3 is 0 Å². The molecular weight excluding hydrogens is 773 g/mol. The third kappa shape index (κ3) is 5.56. The summed E-state index contributed by atoms with van der Waals surface area (Å²) in [7, 11) is 0. The first-order chi connectivity index (χ1) is 31.7. The largest absolute Gasteiger partial charge is 0.291 e. The number of nitrogens with zero attached hydrogens (tertiary/aromatic N) is 2. The number of fused-ring (bicyclic) bond motifs is 9. The molecule has 1 heterocycles. The fourth-order valence-electron chi connectivity index (χ4n) is 10.6. The Labute approximate surface area is 370 Å². The van der Waals surface area contributed by atoms with Gasteiger partial charge in [-0.1, -0.05) is 206 Å². The van der Waals surface area contributed by atoms with Crippen molar-refractivity contribution in [2.24, 2.45) is 0 Å². The van der Waals surface area contributed by atoms with Crippen LogP contribution in [0, 0.1) is 6.92 Å². The molecule has 0 unspecified atom stereocenters. The molecule has 0 radical (unpaired) electrons. The Morgan fingerprint density at radius 2 is 0.891 bits per heavy atom. The summed E-state index contributed by atoms with van der Waals surface area (Å²) in [5.74, 6) is 0.936. The lowest BCUT2D eigenvalue weighted by Crippen LogP contribution is -2.01. The van der Waals surface area contributed by atoms with Crippen molar-refractivity contribution >= 4 is 75.7 Å². The van der Waals surface area contributed by atoms with Gasteiger partial charge >= 0.3 is 0 Å². The smallest absolute Gasteiger partial charge is 0.145 e. The van der Waals surface area contributed by atoms with E-state index in [1.54, 1.807) is 0 Å². The molecule has 0 bridgehead atoms. The van der Waals surface area contributed by atoms with Crippen LogP contribution in [0.25, 0.3) is 126 Å². The summed E-state index contributed by atoms with van der Waals surface area (Å²) in [4.78, 5) is 5.23. The molecule has 0 aliphatic carbocycles. The summed E-state index contributed by atoms with van der Waals surface area (Å²) in [6, 6.07) is 82.2. The van der Waals surface area contributed by atoms with Gasteiger partial charge in [0.05, 0.1) is 16.7 Å². The number of aryl methyl sites for hydroxylation is 1. The van der Waals surface area contributed by atoms with Gasteiger partial charge in [0, 0.05) is 16.3 Å². The second-order valence-corrected chi connectivity index (χ2v) is 17.1. The minimum Gasteiger partial charge on any atom is -0.291 e. The summed E-state index contributed by atoms with van der Waals surface area (Å²) in [6.07, 6.45) is 0. The van der Waals surface area contributed by atoms with Gasteiger partial charge in [-0.05, 0) is 118 Å². The van der Waals surface area contributed by atoms with Gasteiger partial charge in [-0.3, -0.25) is 4.57 Å². The molecule has 13 rings (SSSR count). The fourth-order valence-corrected chi connectivity index (χ4v) is 10.6. The Kier molecular flexibility index (Phi) is 8.16. The van der Waals surface area contributed by atoms with E-state index in [1.165, 1.54) is 104 Å². The topological polar surface area (TPSA) is 17.8 Å². The van der Waals surface area contributed by atoms with E-state index in [4.69, 9.17) is 4.98 Å². The highest BCUT2D eigenvalue weighted by atomic mass is 15.1. The Balaban J connectivity index is 0.950. The third-order valence-corrected chi connectivity index (χ3v) is 13.5. The molecule has 64 heavy (non-hydrogen) atoms. The number of rotatable bonds is 5. The van der Waals surface area contributed by atoms with Gasteiger partial charge in [0.15, 0.2) is 0 Å². The maximum Gasteiger partial charge on any atom is 0.145 e. The van der Waals surface area contributed by atoms with Crippen molar-refractivity contribution in [3.8, 4) is 50.5 Å². The summed E-state index contributed by atoms with van der Waals surface area (Å²) >= 11 is 0. The number of imidazole rings is 1. The summed E-state index contributed by atoms with van der Waals surface area (Å²) in [6.45, 7) is 2.23. The van der Waals surface area contributed by atoms with Crippen LogP contribution in [0.15, 0.2) is 224 Å². The van der Waals surface area contributed by atoms with Gasteiger partial charge in [0.2, 0.25) is 0 Å². The number of aromatic nitrogens is 2. The lowest BCUT2D eigenvalue weighted by atomic mass is 9.87. The molecule has 0 spiro atoms. The van der Waals surface area contributed by atoms with E-state index in [2.05, 4.69) is 236 Å². The second-order valence-electron chi connectivity index (χ2n) is 17.1. The van der Waals surface area contributed by atoms with Crippen LogP contribution in [-0.2, 0) is 0 Å². The molecule has 0 saturated carbocycles. The Bertz CT molecular complexity index is 3950. The normalized spacial score (nSPS) is 11.8. The average Bonchev–Trinajstić information content (AvgIpc) is 3.74. The van der Waals surface area contributed by atoms with Gasteiger partial charge in [-0.15, -0.1) is 0 Å². The van der Waals surface area contributed by atoms with Crippen molar-refractivity contribution in [2.75, 3.05) is 0 Å². The summed E-state index contributed by atoms with van der Waals surface area (Å²) in [5.41, 5.74) is 13.0. The van der Waals surface area contributed by atoms with E-state index >= 15 is 0 Å². The van der Waals surface area contributed by atoms with Crippen molar-refractivity contribution in [3.63, 3.8) is 0 Å². The molecule has 0 aliphatic heterocycles. The highest BCUT2D eigenvalue weighted by Crippen LogP contribution is 2.45. The van der Waals surface area contributed by atoms with Crippen molar-refractivity contribution in [1.82, 2.24) is 9.55 Å². The SMILES string of the molecule is Cc1cccc2ccc3cccc(-c4cccc5ccc6cc(-c7ccc(-c8c9ccccc9c(-n9c(-c%10ccccc%10)nc%10ccccc%109)c9ccccc89)cc7)ccc6c45)c3c12. The number of hydrogen-bond acceptors (Lipinski definition) is 1. The fraction of sp³-hybridized carbons (Fsp3) is 0.0161. The third-order valence-electron chi connectivity index (χ3n) is 13.5. The Hall–Kier alpha value is -8.33. The molecule has 0 saturated heterocycles. The quantitative estimate of drug-likeness (QED) is 0.125. The van der Waals surface area contributed by atoms with Crippen molar-refractivity contribution in [1.29, 1.82) is 0 Å². The van der Waals surface area contributed by atoms with Crippen LogP contribution in [0.3, 0.4) is 0 Å². The molecule has 0 amide bonds. The Morgan fingerprint density at radius 3 is 1.61 bits per heavy atom. The monoisotopic (exact) mass is 812 g/mol. The van der Waals surface area contributed by atoms with Crippen LogP contribution >= 0.6 is 0 Å². The van der Waals surface area contributed by atoms with Crippen molar-refractivity contribution in [3.05, 3.63) is 230 Å². The zero-order chi connectivity index (χ0) is 42.3. The van der Waals surface area contributed by atoms with E-state index in [1.807, 2.05) is 0 Å². The van der Waals surface area contributed by atoms with Gasteiger partial charge in [-0.2, -0.15) is 0 Å². The molecule has 12 aromatic carbocycles. The predicted octanol–water partition coefficient (Wildman–Crippen LogP) is 16.9. The first kappa shape index (κ1) is 36.3. The van der Waals surface area contributed by atoms with E-state index in [-0.39, 0.29) is 0 Å². The van der Waals surface area contributed by atoms with Crippen LogP contribution in [0.2, 0.25) is 0 Å². The lowest BCUT2D eigenvalue weighted by Gasteiger charge is -2.20. The summed E-state index contributed by atoms with van der Waals surface area (Å²) < 4.78 is 2.37. The zero-order valence-electron chi connectivity index (χ0n) is 35.3. The first-order valence-corrected chi connectivity index (χ1v) is 22.1. The minimum absolute atomic E-state index is 0.936.